The van der Waals surface area contributed by atoms with Crippen LogP contribution in [0.4, 0.5) is 0 Å². The van der Waals surface area contributed by atoms with Crippen LogP contribution in [-0.2, 0) is 32.6 Å². The van der Waals surface area contributed by atoms with Crippen LogP contribution in [0.5, 0.6) is 0 Å². The number of pyridine rings is 1. The summed E-state index contributed by atoms with van der Waals surface area (Å²) in [7, 11) is -3.59. The quantitative estimate of drug-likeness (QED) is 0.637. The Morgan fingerprint density at radius 3 is 2.75 bits per heavy atom. The van der Waals surface area contributed by atoms with E-state index in [9.17, 15) is 13.2 Å². The van der Waals surface area contributed by atoms with E-state index in [-0.39, 0.29) is 42.4 Å². The molecule has 10 heteroatoms. The van der Waals surface area contributed by atoms with Crippen molar-refractivity contribution >= 4 is 16.0 Å². The molecule has 2 aromatic heterocycles. The van der Waals surface area contributed by atoms with Crippen molar-refractivity contribution in [3.63, 3.8) is 0 Å². The highest BCUT2D eigenvalue weighted by Gasteiger charge is 2.33. The largest absolute Gasteiger partial charge is 0.455 e. The van der Waals surface area contributed by atoms with Crippen LogP contribution in [0.25, 0.3) is 0 Å². The molecule has 0 amide bonds. The normalized spacial score (nSPS) is 16.4. The van der Waals surface area contributed by atoms with Crippen LogP contribution < -0.4 is 0 Å². The summed E-state index contributed by atoms with van der Waals surface area (Å²) in [6, 6.07) is 3.10. The van der Waals surface area contributed by atoms with Gasteiger partial charge in [0.15, 0.2) is 12.4 Å². The predicted molar refractivity (Wildman–Crippen MR) is 98.4 cm³/mol. The summed E-state index contributed by atoms with van der Waals surface area (Å²) < 4.78 is 36.9. The van der Waals surface area contributed by atoms with Crippen LogP contribution in [0.1, 0.15) is 38.4 Å². The second-order valence-electron chi connectivity index (χ2n) is 7.18. The van der Waals surface area contributed by atoms with Crippen molar-refractivity contribution in [3.05, 3.63) is 36.2 Å². The highest BCUT2D eigenvalue weighted by atomic mass is 32.2. The smallest absolute Gasteiger partial charge is 0.309 e. The van der Waals surface area contributed by atoms with Crippen molar-refractivity contribution in [1.82, 2.24) is 19.4 Å². The monoisotopic (exact) mass is 408 g/mol. The van der Waals surface area contributed by atoms with Crippen molar-refractivity contribution in [3.8, 4) is 0 Å². The van der Waals surface area contributed by atoms with E-state index in [0.29, 0.717) is 31.0 Å². The van der Waals surface area contributed by atoms with Crippen molar-refractivity contribution < 1.29 is 22.5 Å². The second kappa shape index (κ2) is 8.78. The van der Waals surface area contributed by atoms with Gasteiger partial charge in [0.25, 0.3) is 5.89 Å². The lowest BCUT2D eigenvalue weighted by Crippen LogP contribution is -2.40. The average molecular weight is 408 g/mol. The fourth-order valence-electron chi connectivity index (χ4n) is 3.03. The number of hydrogen-bond acceptors (Lipinski definition) is 8. The zero-order chi connectivity index (χ0) is 20.1. The Bertz CT molecular complexity index is 890. The molecule has 0 N–H and O–H groups in total. The molecule has 1 aliphatic rings. The minimum absolute atomic E-state index is 0.0713. The number of hydrogen-bond donors (Lipinski definition) is 0. The number of esters is 1. The van der Waals surface area contributed by atoms with E-state index in [2.05, 4.69) is 29.0 Å². The van der Waals surface area contributed by atoms with E-state index in [4.69, 9.17) is 9.26 Å². The van der Waals surface area contributed by atoms with Crippen molar-refractivity contribution in [2.45, 2.75) is 44.6 Å². The summed E-state index contributed by atoms with van der Waals surface area (Å²) in [6.45, 7) is 4.55. The number of aromatic nitrogens is 3. The topological polar surface area (TPSA) is 115 Å². The van der Waals surface area contributed by atoms with E-state index in [1.54, 1.807) is 6.07 Å². The maximum Gasteiger partial charge on any atom is 0.309 e. The minimum Gasteiger partial charge on any atom is -0.455 e. The Morgan fingerprint density at radius 1 is 1.36 bits per heavy atom. The molecule has 0 bridgehead atoms. The molecule has 1 fully saturated rings. The molecule has 9 nitrogen and oxygen atoms in total. The summed E-state index contributed by atoms with van der Waals surface area (Å²) in [6.07, 6.45) is 4.35. The van der Waals surface area contributed by atoms with Crippen molar-refractivity contribution in [1.29, 1.82) is 0 Å². The van der Waals surface area contributed by atoms with Crippen LogP contribution in [-0.4, -0.2) is 46.9 Å². The molecule has 28 heavy (non-hydrogen) atoms. The van der Waals surface area contributed by atoms with Gasteiger partial charge in [-0.3, -0.25) is 9.78 Å². The first-order valence-corrected chi connectivity index (χ1v) is 10.7. The SMILES string of the molecule is CC(C)Cc1noc(COC(=O)C2CCN(S(=O)(=O)c3cccnc3)CC2)n1. The molecule has 1 aliphatic heterocycles. The molecule has 3 heterocycles. The van der Waals surface area contributed by atoms with Crippen LogP contribution in [0.3, 0.4) is 0 Å². The molecule has 0 atom stereocenters. The first kappa shape index (κ1) is 20.4. The molecule has 2 aromatic rings. The highest BCUT2D eigenvalue weighted by Crippen LogP contribution is 2.24. The van der Waals surface area contributed by atoms with Crippen LogP contribution in [0, 0.1) is 11.8 Å². The maximum atomic E-state index is 12.6. The lowest BCUT2D eigenvalue weighted by atomic mass is 9.98. The van der Waals surface area contributed by atoms with Gasteiger partial charge in [-0.25, -0.2) is 8.42 Å². The number of piperidine rings is 1. The number of carbonyl (C=O) groups is 1. The summed E-state index contributed by atoms with van der Waals surface area (Å²) in [5, 5.41) is 3.86. The number of sulfonamides is 1. The van der Waals surface area contributed by atoms with E-state index in [0.717, 1.165) is 0 Å². The fourth-order valence-corrected chi connectivity index (χ4v) is 4.46. The fraction of sp³-hybridized carbons (Fsp3) is 0.556. The van der Waals surface area contributed by atoms with E-state index in [1.807, 2.05) is 0 Å². The van der Waals surface area contributed by atoms with Gasteiger partial charge in [-0.05, 0) is 30.9 Å². The van der Waals surface area contributed by atoms with Gasteiger partial charge in [0.05, 0.1) is 5.92 Å². The van der Waals surface area contributed by atoms with Gasteiger partial charge in [0, 0.05) is 31.9 Å². The summed E-state index contributed by atoms with van der Waals surface area (Å²) in [4.78, 5) is 20.5. The zero-order valence-electron chi connectivity index (χ0n) is 15.9. The predicted octanol–water partition coefficient (Wildman–Crippen LogP) is 1.81. The molecular formula is C18H24N4O5S. The van der Waals surface area contributed by atoms with Crippen molar-refractivity contribution in [2.75, 3.05) is 13.1 Å². The van der Waals surface area contributed by atoms with E-state index in [1.165, 1.54) is 22.8 Å². The summed E-state index contributed by atoms with van der Waals surface area (Å²) in [5.41, 5.74) is 0. The molecule has 0 aromatic carbocycles. The third kappa shape index (κ3) is 4.93. The number of ether oxygens (including phenoxy) is 1. The third-order valence-corrected chi connectivity index (χ3v) is 6.38. The van der Waals surface area contributed by atoms with Crippen molar-refractivity contribution in [2.24, 2.45) is 11.8 Å². The van der Waals surface area contributed by atoms with Crippen LogP contribution >= 0.6 is 0 Å². The molecule has 0 aliphatic carbocycles. The third-order valence-electron chi connectivity index (χ3n) is 4.50. The molecule has 1 saturated heterocycles. The Labute approximate surface area is 164 Å². The standard InChI is InChI=1S/C18H24N4O5S/c1-13(2)10-16-20-17(27-21-16)12-26-18(23)14-5-8-22(9-6-14)28(24,25)15-4-3-7-19-11-15/h3-4,7,11,13-14H,5-6,8-10,12H2,1-2H3. The average Bonchev–Trinajstić information content (AvgIpc) is 3.13. The van der Waals surface area contributed by atoms with Crippen LogP contribution in [0.2, 0.25) is 0 Å². The van der Waals surface area contributed by atoms with Gasteiger partial charge in [0.2, 0.25) is 10.0 Å². The van der Waals surface area contributed by atoms with E-state index >= 15 is 0 Å². The molecule has 0 unspecified atom stereocenters. The zero-order valence-corrected chi connectivity index (χ0v) is 16.8. The lowest BCUT2D eigenvalue weighted by molar-refractivity contribution is -0.152. The Kier molecular flexibility index (Phi) is 6.40. The van der Waals surface area contributed by atoms with Gasteiger partial charge in [-0.2, -0.15) is 9.29 Å². The lowest BCUT2D eigenvalue weighted by Gasteiger charge is -2.29. The molecule has 0 spiro atoms. The van der Waals surface area contributed by atoms with E-state index < -0.39 is 10.0 Å². The molecule has 3 rings (SSSR count). The first-order valence-electron chi connectivity index (χ1n) is 9.24. The minimum atomic E-state index is -3.59. The number of rotatable bonds is 7. The molecule has 0 saturated carbocycles. The number of nitrogens with zero attached hydrogens (tertiary/aromatic N) is 4. The molecular weight excluding hydrogens is 384 g/mol. The van der Waals surface area contributed by atoms with Gasteiger partial charge in [-0.15, -0.1) is 0 Å². The van der Waals surface area contributed by atoms with Crippen LogP contribution in [0.15, 0.2) is 33.9 Å². The number of carbonyl (C=O) groups excluding carboxylic acids is 1. The molecule has 152 valence electrons. The Hall–Kier alpha value is -2.33. The van der Waals surface area contributed by atoms with Gasteiger partial charge < -0.3 is 9.26 Å². The highest BCUT2D eigenvalue weighted by molar-refractivity contribution is 7.89. The van der Waals surface area contributed by atoms with Gasteiger partial charge in [-0.1, -0.05) is 19.0 Å². The molecule has 0 radical (unpaired) electrons. The van der Waals surface area contributed by atoms with Gasteiger partial charge >= 0.3 is 5.97 Å². The summed E-state index contributed by atoms with van der Waals surface area (Å²) >= 11 is 0. The maximum absolute atomic E-state index is 12.6. The Balaban J connectivity index is 1.49. The van der Waals surface area contributed by atoms with Gasteiger partial charge in [0.1, 0.15) is 4.90 Å². The Morgan fingerprint density at radius 2 is 2.11 bits per heavy atom. The first-order chi connectivity index (χ1) is 13.4. The second-order valence-corrected chi connectivity index (χ2v) is 9.12. The summed E-state index contributed by atoms with van der Waals surface area (Å²) in [5.74, 6) is 0.539.